The van der Waals surface area contributed by atoms with Gasteiger partial charge in [-0.2, -0.15) is 35.2 Å². The number of nitrogens with two attached hydrogens (primary N) is 2. The van der Waals surface area contributed by atoms with Gasteiger partial charge in [-0.25, -0.2) is 0 Å². The molecule has 0 saturated heterocycles. The molecule has 5 aromatic carbocycles. The first-order valence-corrected chi connectivity index (χ1v) is 20.2. The fraction of sp³-hybridized carbons (Fsp3) is 0.159. The summed E-state index contributed by atoms with van der Waals surface area (Å²) < 4.78 is 12.7. The molecule has 0 aliphatic rings. The van der Waals surface area contributed by atoms with Gasteiger partial charge in [-0.1, -0.05) is 25.0 Å². The average Bonchev–Trinajstić information content (AvgIpc) is 4.14. The van der Waals surface area contributed by atoms with Crippen LogP contribution in [0.15, 0.2) is 103 Å². The maximum Gasteiger partial charge on any atom is 0.304 e. The molecule has 0 bridgehead atoms. The molecule has 0 spiro atoms. The van der Waals surface area contributed by atoms with Gasteiger partial charge in [0.2, 0.25) is 5.82 Å². The number of hydrogen-bond acceptors (Lipinski definition) is 19. The Hall–Kier alpha value is -9.90. The maximum atomic E-state index is 12.7. The van der Waals surface area contributed by atoms with Gasteiger partial charge in [-0.05, 0) is 73.6 Å². The molecule has 0 unspecified atom stereocenters. The second-order valence-corrected chi connectivity index (χ2v) is 13.2. The number of H-pyrrole nitrogens is 2. The first-order chi connectivity index (χ1) is 33.5. The Morgan fingerprint density at radius 2 is 1.06 bits per heavy atom. The fourth-order valence-corrected chi connectivity index (χ4v) is 5.56. The van der Waals surface area contributed by atoms with Crippen molar-refractivity contribution in [2.75, 3.05) is 62.2 Å². The highest BCUT2D eigenvalue weighted by Gasteiger charge is 2.16. The van der Waals surface area contributed by atoms with Crippen LogP contribution >= 0.6 is 0 Å². The zero-order valence-electron chi connectivity index (χ0n) is 38.5. The van der Waals surface area contributed by atoms with Gasteiger partial charge in [0.15, 0.2) is 0 Å². The molecule has 0 saturated carbocycles. The summed E-state index contributed by atoms with van der Waals surface area (Å²) in [7, 11) is 8.26. The largest absolute Gasteiger partial charge is 0.397 e. The molecule has 7 rings (SSSR count). The van der Waals surface area contributed by atoms with E-state index in [0.717, 1.165) is 52.3 Å². The van der Waals surface area contributed by atoms with Crippen molar-refractivity contribution in [3.8, 4) is 34.9 Å². The van der Waals surface area contributed by atoms with Crippen molar-refractivity contribution < 1.29 is 28.9 Å². The van der Waals surface area contributed by atoms with E-state index in [1.807, 2.05) is 32.2 Å². The Balaban J connectivity index is 0.000000298. The van der Waals surface area contributed by atoms with Crippen molar-refractivity contribution in [1.29, 1.82) is 0 Å². The fourth-order valence-electron chi connectivity index (χ4n) is 5.56. The standard InChI is InChI=1S/C9H9N5O2.C9H11N5.C9H12N2O2.C9H8N2O2.C7H4FNO3.CH5N/c1-10-7-4-6(8-5-11-13-12-8)2-3-9(7)14(15)16;1-11-8-4-6(2-3-7(8)10)9-5-12-14-13-9;2*1-3-7-4-5-9(11(12)13)8(6-7)10-2;8-6-3-5(4-10)1-2-7(6)9(11)12;1-2/h2-5,10H,1H3,(H,11,12,13);2-5,11H,10H2,1H3,(H,12,13,14);4-6,10H,3H2,1-2H3;1,4-6,10H,2H3;1-4H;2H2,1H3. The molecule has 0 atom stereocenters. The molecular weight excluding hydrogens is 916 g/mol. The van der Waals surface area contributed by atoms with E-state index < -0.39 is 26.3 Å². The van der Waals surface area contributed by atoms with Gasteiger partial charge in [0.25, 0.3) is 17.1 Å². The molecule has 70 heavy (non-hydrogen) atoms. The second kappa shape index (κ2) is 28.9. The molecule has 0 aliphatic heterocycles. The lowest BCUT2D eigenvalue weighted by Crippen LogP contribution is -1.97. The number of aromatic nitrogens is 6. The van der Waals surface area contributed by atoms with Crippen LogP contribution in [0.3, 0.4) is 0 Å². The lowest BCUT2D eigenvalue weighted by Gasteiger charge is -2.05. The first-order valence-electron chi connectivity index (χ1n) is 20.2. The van der Waals surface area contributed by atoms with Crippen molar-refractivity contribution in [2.24, 2.45) is 5.73 Å². The van der Waals surface area contributed by atoms with Crippen LogP contribution in [0.25, 0.3) is 22.5 Å². The minimum absolute atomic E-state index is 0.0292. The molecule has 366 valence electrons. The highest BCUT2D eigenvalue weighted by molar-refractivity contribution is 5.76. The van der Waals surface area contributed by atoms with Crippen molar-refractivity contribution in [3.63, 3.8) is 0 Å². The van der Waals surface area contributed by atoms with Crippen LogP contribution in [-0.4, -0.2) is 92.0 Å². The SMILES string of the molecule is C#Cc1ccc([N+](=O)[O-])c(NC)c1.CCc1ccc([N+](=O)[O-])c(NC)c1.CN.CNc1cc(-c2cn[nH]n2)ccc1N.CNc1cc(-c2cn[nH]n2)ccc1[N+](=O)[O-].O=Cc1ccc([N+](=O)[O-])c(F)c1. The summed E-state index contributed by atoms with van der Waals surface area (Å²) in [6, 6.07) is 23.0. The molecule has 26 heteroatoms. The highest BCUT2D eigenvalue weighted by atomic mass is 19.1. The lowest BCUT2D eigenvalue weighted by atomic mass is 10.1. The van der Waals surface area contributed by atoms with Crippen LogP contribution in [0.5, 0.6) is 0 Å². The smallest absolute Gasteiger partial charge is 0.304 e. The molecule has 0 aliphatic carbocycles. The quantitative estimate of drug-likeness (QED) is 0.0194. The van der Waals surface area contributed by atoms with E-state index in [1.165, 1.54) is 31.3 Å². The van der Waals surface area contributed by atoms with Crippen LogP contribution in [0.1, 0.15) is 28.4 Å². The number of aromatic amines is 2. The Labute approximate surface area is 398 Å². The lowest BCUT2D eigenvalue weighted by molar-refractivity contribution is -0.387. The summed E-state index contributed by atoms with van der Waals surface area (Å²) in [6.45, 7) is 2.01. The molecule has 25 nitrogen and oxygen atoms in total. The summed E-state index contributed by atoms with van der Waals surface area (Å²) in [5.74, 6) is 1.41. The second-order valence-electron chi connectivity index (χ2n) is 13.2. The number of hydrogen-bond donors (Lipinski definition) is 8. The third-order valence-corrected chi connectivity index (χ3v) is 9.08. The molecule has 2 heterocycles. The Morgan fingerprint density at radius 3 is 1.47 bits per heavy atom. The number of nitrogens with one attached hydrogen (secondary N) is 6. The number of benzene rings is 5. The monoisotopic (exact) mass is 964 g/mol. The predicted octanol–water partition coefficient (Wildman–Crippen LogP) is 7.46. The topological polar surface area (TPSA) is 373 Å². The third-order valence-electron chi connectivity index (χ3n) is 9.08. The van der Waals surface area contributed by atoms with Crippen molar-refractivity contribution in [3.05, 3.63) is 166 Å². The Bertz CT molecular complexity index is 2880. The van der Waals surface area contributed by atoms with Crippen LogP contribution < -0.4 is 32.7 Å². The first kappa shape index (κ1) is 56.2. The van der Waals surface area contributed by atoms with Crippen LogP contribution in [0.4, 0.5) is 55.6 Å². The predicted molar refractivity (Wildman–Crippen MR) is 265 cm³/mol. The number of carbonyl (C=O) groups is 1. The van der Waals surface area contributed by atoms with Gasteiger partial charge >= 0.3 is 5.69 Å². The summed E-state index contributed by atoms with van der Waals surface area (Å²) in [6.07, 6.45) is 9.68. The third kappa shape index (κ3) is 16.5. The molecule has 0 amide bonds. The summed E-state index contributed by atoms with van der Waals surface area (Å²) in [5, 5.41) is 73.5. The average molecular weight is 965 g/mol. The molecule has 2 aromatic heterocycles. The number of aryl methyl sites for hydroxylation is 1. The number of nitrogen functional groups attached to an aromatic ring is 1. The number of terminal acetylenes is 1. The van der Waals surface area contributed by atoms with Crippen molar-refractivity contribution in [1.82, 2.24) is 30.8 Å². The van der Waals surface area contributed by atoms with Crippen LogP contribution in [-0.2, 0) is 6.42 Å². The van der Waals surface area contributed by atoms with Crippen LogP contribution in [0.2, 0.25) is 0 Å². The van der Waals surface area contributed by atoms with Gasteiger partial charge in [0.05, 0.1) is 43.5 Å². The van der Waals surface area contributed by atoms with Gasteiger partial charge in [0, 0.05) is 74.7 Å². The molecule has 7 aromatic rings. The molecule has 0 fully saturated rings. The number of aldehydes is 1. The number of nitrogens with zero attached hydrogens (tertiary/aromatic N) is 8. The number of rotatable bonds is 12. The summed E-state index contributed by atoms with van der Waals surface area (Å²) in [5.41, 5.74) is 17.9. The summed E-state index contributed by atoms with van der Waals surface area (Å²) in [4.78, 5) is 49.8. The number of nitro groups is 4. The number of anilines is 5. The van der Waals surface area contributed by atoms with Crippen molar-refractivity contribution in [2.45, 2.75) is 13.3 Å². The zero-order valence-corrected chi connectivity index (χ0v) is 38.5. The molecular formula is C44H49FN16O9. The Kier molecular flexibility index (Phi) is 23.2. The number of halogens is 1. The maximum absolute atomic E-state index is 12.7. The van der Waals surface area contributed by atoms with Crippen molar-refractivity contribution >= 4 is 57.5 Å². The van der Waals surface area contributed by atoms with E-state index in [2.05, 4.69) is 63.7 Å². The molecule has 10 N–H and O–H groups in total. The van der Waals surface area contributed by atoms with Gasteiger partial charge < -0.3 is 32.7 Å². The van der Waals surface area contributed by atoms with Gasteiger partial charge in [0.1, 0.15) is 34.7 Å². The van der Waals surface area contributed by atoms with E-state index >= 15 is 0 Å². The van der Waals surface area contributed by atoms with E-state index in [9.17, 15) is 49.6 Å². The minimum Gasteiger partial charge on any atom is -0.397 e. The number of carbonyl (C=O) groups excluding carboxylic acids is 1. The van der Waals surface area contributed by atoms with Gasteiger partial charge in [-0.15, -0.1) is 6.42 Å². The number of nitro benzene ring substituents is 4. The van der Waals surface area contributed by atoms with Gasteiger partial charge in [-0.3, -0.25) is 45.3 Å². The van der Waals surface area contributed by atoms with E-state index in [4.69, 9.17) is 12.2 Å². The highest BCUT2D eigenvalue weighted by Crippen LogP contribution is 2.30. The normalized spacial score (nSPS) is 9.47. The van der Waals surface area contributed by atoms with E-state index in [0.29, 0.717) is 34.6 Å². The van der Waals surface area contributed by atoms with E-state index in [1.54, 1.807) is 69.9 Å². The van der Waals surface area contributed by atoms with E-state index in [-0.39, 0.29) is 27.5 Å². The minimum atomic E-state index is -0.996. The van der Waals surface area contributed by atoms with Crippen LogP contribution in [0, 0.1) is 58.6 Å². The zero-order chi connectivity index (χ0) is 52.3. The molecule has 0 radical (unpaired) electrons. The Morgan fingerprint density at radius 1 is 0.629 bits per heavy atom. The summed E-state index contributed by atoms with van der Waals surface area (Å²) >= 11 is 0.